The maximum atomic E-state index is 5.24. The lowest BCUT2D eigenvalue weighted by Gasteiger charge is -2.02. The summed E-state index contributed by atoms with van der Waals surface area (Å²) in [5.41, 5.74) is 2.96. The topological polar surface area (TPSA) is 66.7 Å². The molecule has 5 heteroatoms. The van der Waals surface area contributed by atoms with Crippen LogP contribution in [0.2, 0.25) is 0 Å². The zero-order valence-electron chi connectivity index (χ0n) is 9.18. The van der Waals surface area contributed by atoms with Crippen molar-refractivity contribution in [2.24, 2.45) is 0 Å². The standard InChI is InChI=1S/C12H12N4O/c1-2-10(17-5-1)8-13-7-9-3-4-11-12(6-9)15-16-14-11/h1-6,13H,7-8H2,(H,14,15,16). The van der Waals surface area contributed by atoms with E-state index in [9.17, 15) is 0 Å². The van der Waals surface area contributed by atoms with Crippen LogP contribution in [-0.2, 0) is 13.1 Å². The second-order valence-corrected chi connectivity index (χ2v) is 3.83. The molecule has 0 spiro atoms. The predicted octanol–water partition coefficient (Wildman–Crippen LogP) is 1.84. The van der Waals surface area contributed by atoms with Crippen molar-refractivity contribution in [3.05, 3.63) is 47.9 Å². The summed E-state index contributed by atoms with van der Waals surface area (Å²) in [5, 5.41) is 14.0. The van der Waals surface area contributed by atoms with Gasteiger partial charge in [-0.05, 0) is 29.8 Å². The third kappa shape index (κ3) is 2.19. The molecule has 5 nitrogen and oxygen atoms in total. The Kier molecular flexibility index (Phi) is 2.59. The molecule has 17 heavy (non-hydrogen) atoms. The zero-order chi connectivity index (χ0) is 11.5. The molecule has 0 aliphatic heterocycles. The lowest BCUT2D eigenvalue weighted by molar-refractivity contribution is 0.483. The van der Waals surface area contributed by atoms with Crippen LogP contribution in [0.15, 0.2) is 41.0 Å². The Bertz CT molecular complexity index is 600. The maximum absolute atomic E-state index is 5.24. The van der Waals surface area contributed by atoms with Gasteiger partial charge in [-0.15, -0.1) is 0 Å². The average molecular weight is 228 g/mol. The summed E-state index contributed by atoms with van der Waals surface area (Å²) in [6, 6.07) is 9.86. The Hall–Kier alpha value is -2.14. The second kappa shape index (κ2) is 4.39. The van der Waals surface area contributed by atoms with Crippen LogP contribution >= 0.6 is 0 Å². The van der Waals surface area contributed by atoms with E-state index in [1.54, 1.807) is 6.26 Å². The van der Waals surface area contributed by atoms with Crippen LogP contribution in [0, 0.1) is 0 Å². The van der Waals surface area contributed by atoms with Gasteiger partial charge in [0.1, 0.15) is 16.8 Å². The van der Waals surface area contributed by atoms with Crippen LogP contribution in [0.25, 0.3) is 11.0 Å². The number of nitrogens with zero attached hydrogens (tertiary/aromatic N) is 2. The van der Waals surface area contributed by atoms with Crippen molar-refractivity contribution in [1.29, 1.82) is 0 Å². The molecule has 0 radical (unpaired) electrons. The molecule has 2 N–H and O–H groups in total. The number of nitrogens with one attached hydrogen (secondary N) is 2. The van der Waals surface area contributed by atoms with Gasteiger partial charge in [-0.2, -0.15) is 15.4 Å². The van der Waals surface area contributed by atoms with Gasteiger partial charge in [0.25, 0.3) is 0 Å². The summed E-state index contributed by atoms with van der Waals surface area (Å²) in [6.45, 7) is 1.51. The van der Waals surface area contributed by atoms with Crippen molar-refractivity contribution in [2.75, 3.05) is 0 Å². The molecule has 0 fully saturated rings. The summed E-state index contributed by atoms with van der Waals surface area (Å²) in [7, 11) is 0. The molecule has 0 saturated carbocycles. The van der Waals surface area contributed by atoms with E-state index < -0.39 is 0 Å². The molecular weight excluding hydrogens is 216 g/mol. The second-order valence-electron chi connectivity index (χ2n) is 3.83. The Balaban J connectivity index is 1.64. The van der Waals surface area contributed by atoms with Crippen molar-refractivity contribution in [3.63, 3.8) is 0 Å². The molecule has 0 amide bonds. The highest BCUT2D eigenvalue weighted by Crippen LogP contribution is 2.10. The third-order valence-corrected chi connectivity index (χ3v) is 2.59. The van der Waals surface area contributed by atoms with E-state index in [-0.39, 0.29) is 0 Å². The number of rotatable bonds is 4. The van der Waals surface area contributed by atoms with Crippen LogP contribution in [0.4, 0.5) is 0 Å². The van der Waals surface area contributed by atoms with Crippen molar-refractivity contribution < 1.29 is 4.42 Å². The molecule has 0 saturated heterocycles. The number of fused-ring (bicyclic) bond motifs is 1. The molecule has 0 aliphatic rings. The van der Waals surface area contributed by atoms with Crippen LogP contribution in [0.3, 0.4) is 0 Å². The molecule has 0 unspecified atom stereocenters. The summed E-state index contributed by atoms with van der Waals surface area (Å²) < 4.78 is 5.24. The largest absolute Gasteiger partial charge is 0.468 e. The number of H-pyrrole nitrogens is 1. The van der Waals surface area contributed by atoms with Crippen LogP contribution in [-0.4, -0.2) is 15.4 Å². The van der Waals surface area contributed by atoms with Crippen molar-refractivity contribution in [1.82, 2.24) is 20.7 Å². The molecule has 3 aromatic rings. The fourth-order valence-electron chi connectivity index (χ4n) is 1.74. The van der Waals surface area contributed by atoms with E-state index in [2.05, 4.69) is 20.7 Å². The van der Waals surface area contributed by atoms with Gasteiger partial charge in [-0.1, -0.05) is 6.07 Å². The van der Waals surface area contributed by atoms with Gasteiger partial charge < -0.3 is 9.73 Å². The van der Waals surface area contributed by atoms with Crippen LogP contribution in [0.5, 0.6) is 0 Å². The van der Waals surface area contributed by atoms with Gasteiger partial charge in [0.15, 0.2) is 0 Å². The summed E-state index contributed by atoms with van der Waals surface area (Å²) in [5.74, 6) is 0.938. The smallest absolute Gasteiger partial charge is 0.117 e. The Morgan fingerprint density at radius 2 is 2.06 bits per heavy atom. The minimum atomic E-state index is 0.726. The number of aromatic nitrogens is 3. The Labute approximate surface area is 97.8 Å². The fourth-order valence-corrected chi connectivity index (χ4v) is 1.74. The number of furan rings is 1. The third-order valence-electron chi connectivity index (χ3n) is 2.59. The van der Waals surface area contributed by atoms with Crippen molar-refractivity contribution in [2.45, 2.75) is 13.1 Å². The molecule has 0 aliphatic carbocycles. The molecule has 86 valence electrons. The molecule has 0 atom stereocenters. The maximum Gasteiger partial charge on any atom is 0.117 e. The van der Waals surface area contributed by atoms with Crippen molar-refractivity contribution in [3.8, 4) is 0 Å². The van der Waals surface area contributed by atoms with E-state index in [1.807, 2.05) is 30.3 Å². The first-order chi connectivity index (χ1) is 8.42. The van der Waals surface area contributed by atoms with E-state index in [4.69, 9.17) is 4.42 Å². The monoisotopic (exact) mass is 228 g/mol. The number of benzene rings is 1. The number of hydrogen-bond acceptors (Lipinski definition) is 4. The molecule has 0 bridgehead atoms. The summed E-state index contributed by atoms with van der Waals surface area (Å²) >= 11 is 0. The van der Waals surface area contributed by atoms with E-state index >= 15 is 0 Å². The first kappa shape index (κ1) is 10.0. The van der Waals surface area contributed by atoms with Gasteiger partial charge >= 0.3 is 0 Å². The highest BCUT2D eigenvalue weighted by Gasteiger charge is 2.00. The highest BCUT2D eigenvalue weighted by molar-refractivity contribution is 5.74. The SMILES string of the molecule is c1coc(CNCc2ccc3n[nH]nc3c2)c1. The van der Waals surface area contributed by atoms with E-state index in [0.29, 0.717) is 0 Å². The molecule has 2 aromatic heterocycles. The molecule has 2 heterocycles. The minimum absolute atomic E-state index is 0.726. The van der Waals surface area contributed by atoms with Crippen molar-refractivity contribution >= 4 is 11.0 Å². The fraction of sp³-hybridized carbons (Fsp3) is 0.167. The lowest BCUT2D eigenvalue weighted by Crippen LogP contribution is -2.11. The summed E-state index contributed by atoms with van der Waals surface area (Å²) in [4.78, 5) is 0. The van der Waals surface area contributed by atoms with Gasteiger partial charge in [0.05, 0.1) is 12.8 Å². The first-order valence-corrected chi connectivity index (χ1v) is 5.44. The average Bonchev–Trinajstić information content (AvgIpc) is 2.98. The molecule has 3 rings (SSSR count). The van der Waals surface area contributed by atoms with E-state index in [0.717, 1.165) is 29.9 Å². The lowest BCUT2D eigenvalue weighted by atomic mass is 10.2. The minimum Gasteiger partial charge on any atom is -0.468 e. The molecule has 1 aromatic carbocycles. The quantitative estimate of drug-likeness (QED) is 0.715. The van der Waals surface area contributed by atoms with Crippen LogP contribution < -0.4 is 5.32 Å². The van der Waals surface area contributed by atoms with E-state index in [1.165, 1.54) is 5.56 Å². The Morgan fingerprint density at radius 3 is 2.94 bits per heavy atom. The van der Waals surface area contributed by atoms with Crippen LogP contribution in [0.1, 0.15) is 11.3 Å². The number of aromatic amines is 1. The molecular formula is C12H12N4O. The van der Waals surface area contributed by atoms with Gasteiger partial charge in [-0.25, -0.2) is 0 Å². The Morgan fingerprint density at radius 1 is 1.12 bits per heavy atom. The van der Waals surface area contributed by atoms with Gasteiger partial charge in [0, 0.05) is 6.54 Å². The highest BCUT2D eigenvalue weighted by atomic mass is 16.3. The van der Waals surface area contributed by atoms with Gasteiger partial charge in [-0.3, -0.25) is 0 Å². The zero-order valence-corrected chi connectivity index (χ0v) is 9.18. The van der Waals surface area contributed by atoms with Gasteiger partial charge in [0.2, 0.25) is 0 Å². The predicted molar refractivity (Wildman–Crippen MR) is 63.1 cm³/mol. The number of hydrogen-bond donors (Lipinski definition) is 2. The summed E-state index contributed by atoms with van der Waals surface area (Å²) in [6.07, 6.45) is 1.68. The first-order valence-electron chi connectivity index (χ1n) is 5.44. The normalized spacial score (nSPS) is 11.1.